The Kier molecular flexibility index (Phi) is 4.37. The van der Waals surface area contributed by atoms with E-state index in [1.165, 1.54) is 25.7 Å². The minimum absolute atomic E-state index is 0.615. The highest BCUT2D eigenvalue weighted by Gasteiger charge is 2.55. The third-order valence-electron chi connectivity index (χ3n) is 6.36. The van der Waals surface area contributed by atoms with Crippen molar-refractivity contribution in [2.24, 2.45) is 35.5 Å². The molecule has 0 aromatic carbocycles. The molecule has 0 N–H and O–H groups in total. The van der Waals surface area contributed by atoms with Crippen molar-refractivity contribution in [2.45, 2.75) is 25.7 Å². The largest absolute Gasteiger partial charge is 0.322 e. The molecule has 0 aromatic rings. The van der Waals surface area contributed by atoms with Crippen LogP contribution in [0, 0.1) is 35.5 Å². The van der Waals surface area contributed by atoms with Crippen molar-refractivity contribution in [3.8, 4) is 0 Å². The molecular formula is C18H26N2O2. The standard InChI is InChI=1S/C18H26N2O2/c1-3-19(11-21)9-13-5-16-14-7-15(10-20(4-2)12-22)17(8-14)18(16)6-13/h3-4,11-18H,1-2,5-10H2. The highest BCUT2D eigenvalue weighted by Crippen LogP contribution is 2.62. The molecule has 4 heteroatoms. The minimum atomic E-state index is 0.615. The molecule has 3 rings (SSSR count). The van der Waals surface area contributed by atoms with Crippen molar-refractivity contribution in [3.63, 3.8) is 0 Å². The van der Waals surface area contributed by atoms with Crippen LogP contribution in [-0.4, -0.2) is 35.7 Å². The van der Waals surface area contributed by atoms with Gasteiger partial charge in [-0.15, -0.1) is 0 Å². The van der Waals surface area contributed by atoms with Crippen LogP contribution in [0.5, 0.6) is 0 Å². The fourth-order valence-corrected chi connectivity index (χ4v) is 5.57. The van der Waals surface area contributed by atoms with E-state index in [0.29, 0.717) is 11.8 Å². The lowest BCUT2D eigenvalue weighted by molar-refractivity contribution is -0.117. The zero-order chi connectivity index (χ0) is 15.7. The van der Waals surface area contributed by atoms with Gasteiger partial charge in [0.15, 0.2) is 0 Å². The van der Waals surface area contributed by atoms with Crippen LogP contribution in [0.15, 0.2) is 25.6 Å². The van der Waals surface area contributed by atoms with Gasteiger partial charge in [0.05, 0.1) is 0 Å². The van der Waals surface area contributed by atoms with Crippen molar-refractivity contribution in [1.82, 2.24) is 9.80 Å². The summed E-state index contributed by atoms with van der Waals surface area (Å²) in [5.74, 6) is 4.48. The minimum Gasteiger partial charge on any atom is -0.322 e. The van der Waals surface area contributed by atoms with Crippen LogP contribution in [-0.2, 0) is 9.59 Å². The molecule has 6 unspecified atom stereocenters. The van der Waals surface area contributed by atoms with E-state index >= 15 is 0 Å². The Bertz CT molecular complexity index is 448. The van der Waals surface area contributed by atoms with Crippen molar-refractivity contribution < 1.29 is 9.59 Å². The molecule has 0 heterocycles. The van der Waals surface area contributed by atoms with Gasteiger partial charge in [0, 0.05) is 13.1 Å². The number of carbonyl (C=O) groups is 2. The first kappa shape index (κ1) is 15.3. The summed E-state index contributed by atoms with van der Waals surface area (Å²) >= 11 is 0. The van der Waals surface area contributed by atoms with Crippen LogP contribution in [0.1, 0.15) is 25.7 Å². The SMILES string of the molecule is C=CN(C=O)CC1CC2C3CC(CN(C=C)C=O)C(C3)C2C1. The molecule has 0 radical (unpaired) electrons. The topological polar surface area (TPSA) is 40.6 Å². The third-order valence-corrected chi connectivity index (χ3v) is 6.36. The highest BCUT2D eigenvalue weighted by atomic mass is 16.1. The first-order chi connectivity index (χ1) is 10.7. The zero-order valence-corrected chi connectivity index (χ0v) is 13.1. The molecule has 0 aromatic heterocycles. The number of hydrogen-bond donors (Lipinski definition) is 0. The van der Waals surface area contributed by atoms with Crippen molar-refractivity contribution in [2.75, 3.05) is 13.1 Å². The Morgan fingerprint density at radius 2 is 1.45 bits per heavy atom. The molecule has 3 saturated carbocycles. The molecule has 22 heavy (non-hydrogen) atoms. The van der Waals surface area contributed by atoms with E-state index in [1.54, 1.807) is 22.2 Å². The molecule has 3 aliphatic carbocycles. The molecule has 0 saturated heterocycles. The number of hydrogen-bond acceptors (Lipinski definition) is 2. The van der Waals surface area contributed by atoms with Crippen LogP contribution in [0.25, 0.3) is 0 Å². The Hall–Kier alpha value is -1.58. The van der Waals surface area contributed by atoms with Gasteiger partial charge in [-0.3, -0.25) is 9.59 Å². The summed E-state index contributed by atoms with van der Waals surface area (Å²) in [4.78, 5) is 25.3. The molecule has 0 aliphatic heterocycles. The van der Waals surface area contributed by atoms with Gasteiger partial charge in [-0.2, -0.15) is 0 Å². The molecule has 0 spiro atoms. The predicted octanol–water partition coefficient (Wildman–Crippen LogP) is 2.49. The monoisotopic (exact) mass is 302 g/mol. The first-order valence-corrected chi connectivity index (χ1v) is 8.37. The van der Waals surface area contributed by atoms with E-state index in [0.717, 1.165) is 49.6 Å². The summed E-state index contributed by atoms with van der Waals surface area (Å²) in [5.41, 5.74) is 0. The molecule has 2 bridgehead atoms. The molecule has 6 atom stereocenters. The van der Waals surface area contributed by atoms with Crippen LogP contribution in [0.3, 0.4) is 0 Å². The number of nitrogens with zero attached hydrogens (tertiary/aromatic N) is 2. The second-order valence-electron chi connectivity index (χ2n) is 7.29. The Morgan fingerprint density at radius 3 is 2.09 bits per heavy atom. The van der Waals surface area contributed by atoms with Gasteiger partial charge in [0.25, 0.3) is 0 Å². The van der Waals surface area contributed by atoms with Crippen LogP contribution in [0.2, 0.25) is 0 Å². The van der Waals surface area contributed by atoms with E-state index in [2.05, 4.69) is 13.2 Å². The van der Waals surface area contributed by atoms with Gasteiger partial charge in [0.2, 0.25) is 12.8 Å². The summed E-state index contributed by atoms with van der Waals surface area (Å²) in [6.45, 7) is 9.06. The maximum Gasteiger partial charge on any atom is 0.213 e. The van der Waals surface area contributed by atoms with Gasteiger partial charge in [0.1, 0.15) is 0 Å². The molecule has 3 aliphatic rings. The van der Waals surface area contributed by atoms with Crippen molar-refractivity contribution in [3.05, 3.63) is 25.6 Å². The van der Waals surface area contributed by atoms with Crippen molar-refractivity contribution >= 4 is 12.8 Å². The summed E-state index contributed by atoms with van der Waals surface area (Å²) in [6.07, 6.45) is 10.1. The Labute approximate surface area is 132 Å². The summed E-state index contributed by atoms with van der Waals surface area (Å²) in [5, 5.41) is 0. The molecule has 4 nitrogen and oxygen atoms in total. The highest BCUT2D eigenvalue weighted by molar-refractivity contribution is 5.49. The normalized spacial score (nSPS) is 38.4. The maximum atomic E-state index is 11.0. The molecule has 120 valence electrons. The van der Waals surface area contributed by atoms with E-state index < -0.39 is 0 Å². The summed E-state index contributed by atoms with van der Waals surface area (Å²) < 4.78 is 0. The van der Waals surface area contributed by atoms with E-state index in [-0.39, 0.29) is 0 Å². The second-order valence-corrected chi connectivity index (χ2v) is 7.29. The van der Waals surface area contributed by atoms with Crippen molar-refractivity contribution in [1.29, 1.82) is 0 Å². The van der Waals surface area contributed by atoms with Gasteiger partial charge in [-0.25, -0.2) is 0 Å². The van der Waals surface area contributed by atoms with Gasteiger partial charge < -0.3 is 9.80 Å². The summed E-state index contributed by atoms with van der Waals surface area (Å²) in [7, 11) is 0. The van der Waals surface area contributed by atoms with E-state index in [1.807, 2.05) is 0 Å². The van der Waals surface area contributed by atoms with E-state index in [9.17, 15) is 9.59 Å². The lowest BCUT2D eigenvalue weighted by Gasteiger charge is -2.33. The van der Waals surface area contributed by atoms with Gasteiger partial charge >= 0.3 is 0 Å². The number of fused-ring (bicyclic) bond motifs is 5. The third kappa shape index (κ3) is 2.59. The average Bonchev–Trinajstić information content (AvgIpc) is 3.21. The number of amides is 2. The fourth-order valence-electron chi connectivity index (χ4n) is 5.57. The second kappa shape index (κ2) is 6.27. The van der Waals surface area contributed by atoms with Crippen LogP contribution < -0.4 is 0 Å². The lowest BCUT2D eigenvalue weighted by Crippen LogP contribution is -2.32. The maximum absolute atomic E-state index is 11.0. The molecular weight excluding hydrogens is 276 g/mol. The average molecular weight is 302 g/mol. The Balaban J connectivity index is 1.60. The molecule has 2 amide bonds. The van der Waals surface area contributed by atoms with Gasteiger partial charge in [-0.05, 0) is 73.6 Å². The zero-order valence-electron chi connectivity index (χ0n) is 13.1. The van der Waals surface area contributed by atoms with Gasteiger partial charge in [-0.1, -0.05) is 13.2 Å². The quantitative estimate of drug-likeness (QED) is 0.646. The van der Waals surface area contributed by atoms with E-state index in [4.69, 9.17) is 0 Å². The van der Waals surface area contributed by atoms with Crippen LogP contribution in [0.4, 0.5) is 0 Å². The fraction of sp³-hybridized carbons (Fsp3) is 0.667. The number of carbonyl (C=O) groups excluding carboxylic acids is 2. The predicted molar refractivity (Wildman–Crippen MR) is 85.3 cm³/mol. The number of rotatable bonds is 8. The molecule has 3 fully saturated rings. The lowest BCUT2D eigenvalue weighted by atomic mass is 9.75. The van der Waals surface area contributed by atoms with Crippen LogP contribution >= 0.6 is 0 Å². The smallest absolute Gasteiger partial charge is 0.213 e. The first-order valence-electron chi connectivity index (χ1n) is 8.37. The Morgan fingerprint density at radius 1 is 0.818 bits per heavy atom. The summed E-state index contributed by atoms with van der Waals surface area (Å²) in [6, 6.07) is 0.